The van der Waals surface area contributed by atoms with E-state index < -0.39 is 17.5 Å². The molecule has 1 aliphatic heterocycles. The zero-order valence-corrected chi connectivity index (χ0v) is 11.4. The second kappa shape index (κ2) is 6.82. The molecule has 6 heteroatoms. The molecular formula is C13H17ClF2N2O. The molecule has 0 radical (unpaired) electrons. The molecule has 0 bridgehead atoms. The van der Waals surface area contributed by atoms with E-state index in [-0.39, 0.29) is 24.0 Å². The maximum Gasteiger partial charge on any atom is 0.254 e. The molecule has 1 heterocycles. The molecule has 1 aromatic carbocycles. The summed E-state index contributed by atoms with van der Waals surface area (Å²) in [6.45, 7) is 3.65. The molecule has 1 aromatic rings. The van der Waals surface area contributed by atoms with Crippen molar-refractivity contribution in [1.29, 1.82) is 0 Å². The van der Waals surface area contributed by atoms with Gasteiger partial charge in [0.05, 0.1) is 5.56 Å². The molecule has 2 N–H and O–H groups in total. The van der Waals surface area contributed by atoms with Gasteiger partial charge in [0, 0.05) is 18.7 Å². The summed E-state index contributed by atoms with van der Waals surface area (Å²) < 4.78 is 26.2. The van der Waals surface area contributed by atoms with Crippen LogP contribution in [-0.2, 0) is 0 Å². The van der Waals surface area contributed by atoms with Crippen molar-refractivity contribution in [3.05, 3.63) is 35.4 Å². The van der Waals surface area contributed by atoms with Crippen molar-refractivity contribution >= 4 is 18.3 Å². The fraction of sp³-hybridized carbons (Fsp3) is 0.462. The third kappa shape index (κ3) is 3.88. The number of nitrogens with one attached hydrogen (secondary N) is 2. The highest BCUT2D eigenvalue weighted by atomic mass is 35.5. The number of piperidine rings is 1. The molecular weight excluding hydrogens is 274 g/mol. The molecule has 0 spiro atoms. The van der Waals surface area contributed by atoms with Gasteiger partial charge in [0.25, 0.3) is 5.91 Å². The van der Waals surface area contributed by atoms with Crippen LogP contribution in [0.15, 0.2) is 18.2 Å². The summed E-state index contributed by atoms with van der Waals surface area (Å²) >= 11 is 0. The first-order valence-electron chi connectivity index (χ1n) is 6.04. The van der Waals surface area contributed by atoms with Crippen LogP contribution in [0.25, 0.3) is 0 Å². The highest BCUT2D eigenvalue weighted by molar-refractivity contribution is 5.94. The van der Waals surface area contributed by atoms with Gasteiger partial charge in [0.1, 0.15) is 11.6 Å². The average molecular weight is 291 g/mol. The maximum absolute atomic E-state index is 13.4. The molecule has 2 rings (SSSR count). The summed E-state index contributed by atoms with van der Waals surface area (Å²) in [4.78, 5) is 11.9. The van der Waals surface area contributed by atoms with Crippen molar-refractivity contribution < 1.29 is 13.6 Å². The molecule has 1 aliphatic rings. The molecule has 1 amide bonds. The SMILES string of the molecule is CC1CCNCC1NC(=O)c1ccc(F)cc1F.Cl. The average Bonchev–Trinajstić information content (AvgIpc) is 2.32. The molecule has 0 aliphatic carbocycles. The van der Waals surface area contributed by atoms with Crippen molar-refractivity contribution in [3.8, 4) is 0 Å². The quantitative estimate of drug-likeness (QED) is 0.876. The van der Waals surface area contributed by atoms with Crippen LogP contribution < -0.4 is 10.6 Å². The van der Waals surface area contributed by atoms with Gasteiger partial charge in [-0.25, -0.2) is 8.78 Å². The molecule has 106 valence electrons. The Balaban J connectivity index is 0.00000180. The predicted molar refractivity (Wildman–Crippen MR) is 71.5 cm³/mol. The minimum Gasteiger partial charge on any atom is -0.348 e. The first-order valence-corrected chi connectivity index (χ1v) is 6.04. The van der Waals surface area contributed by atoms with Gasteiger partial charge >= 0.3 is 0 Å². The molecule has 1 saturated heterocycles. The van der Waals surface area contributed by atoms with Crippen LogP contribution >= 0.6 is 12.4 Å². The molecule has 3 nitrogen and oxygen atoms in total. The van der Waals surface area contributed by atoms with Gasteiger partial charge in [-0.1, -0.05) is 6.92 Å². The zero-order valence-electron chi connectivity index (χ0n) is 10.6. The lowest BCUT2D eigenvalue weighted by molar-refractivity contribution is 0.0911. The van der Waals surface area contributed by atoms with Crippen LogP contribution in [0, 0.1) is 17.6 Å². The number of halogens is 3. The van der Waals surface area contributed by atoms with Crippen molar-refractivity contribution in [2.45, 2.75) is 19.4 Å². The highest BCUT2D eigenvalue weighted by Crippen LogP contribution is 2.14. The predicted octanol–water partition coefficient (Wildman–Crippen LogP) is 2.11. The lowest BCUT2D eigenvalue weighted by atomic mass is 9.94. The first kappa shape index (κ1) is 15.9. The summed E-state index contributed by atoms with van der Waals surface area (Å²) in [6.07, 6.45) is 0.969. The van der Waals surface area contributed by atoms with Crippen molar-refractivity contribution in [1.82, 2.24) is 10.6 Å². The van der Waals surface area contributed by atoms with E-state index in [1.54, 1.807) is 0 Å². The number of rotatable bonds is 2. The Morgan fingerprint density at radius 2 is 2.16 bits per heavy atom. The topological polar surface area (TPSA) is 41.1 Å². The van der Waals surface area contributed by atoms with Crippen LogP contribution in [0.3, 0.4) is 0 Å². The van der Waals surface area contributed by atoms with Gasteiger partial charge < -0.3 is 10.6 Å². The lowest BCUT2D eigenvalue weighted by Crippen LogP contribution is -2.50. The molecule has 2 atom stereocenters. The normalized spacial score (nSPS) is 22.5. The third-order valence-electron chi connectivity index (χ3n) is 3.32. The number of carbonyl (C=O) groups is 1. The van der Waals surface area contributed by atoms with Crippen molar-refractivity contribution in [3.63, 3.8) is 0 Å². The van der Waals surface area contributed by atoms with E-state index in [1.807, 2.05) is 6.92 Å². The van der Waals surface area contributed by atoms with Crippen molar-refractivity contribution in [2.75, 3.05) is 13.1 Å². The van der Waals surface area contributed by atoms with Gasteiger partial charge in [0.2, 0.25) is 0 Å². The van der Waals surface area contributed by atoms with Crippen LogP contribution in [0.2, 0.25) is 0 Å². The standard InChI is InChI=1S/C13H16F2N2O.ClH/c1-8-4-5-16-7-12(8)17-13(18)10-3-2-9(14)6-11(10)15;/h2-3,6,8,12,16H,4-5,7H2,1H3,(H,17,18);1H. The van der Waals surface area contributed by atoms with Gasteiger partial charge in [-0.2, -0.15) is 0 Å². The van der Waals surface area contributed by atoms with Crippen LogP contribution in [0.4, 0.5) is 8.78 Å². The van der Waals surface area contributed by atoms with E-state index in [0.29, 0.717) is 12.5 Å². The van der Waals surface area contributed by atoms with E-state index in [1.165, 1.54) is 6.07 Å². The summed E-state index contributed by atoms with van der Waals surface area (Å²) in [5, 5.41) is 5.96. The zero-order chi connectivity index (χ0) is 13.1. The number of carbonyl (C=O) groups excluding carboxylic acids is 1. The Hall–Kier alpha value is -1.20. The highest BCUT2D eigenvalue weighted by Gasteiger charge is 2.24. The fourth-order valence-corrected chi connectivity index (χ4v) is 2.10. The second-order valence-electron chi connectivity index (χ2n) is 4.67. The van der Waals surface area contributed by atoms with Gasteiger partial charge in [0.15, 0.2) is 0 Å². The monoisotopic (exact) mass is 290 g/mol. The summed E-state index contributed by atoms with van der Waals surface area (Å²) in [5.74, 6) is -1.66. The summed E-state index contributed by atoms with van der Waals surface area (Å²) in [7, 11) is 0. The Labute approximate surface area is 117 Å². The van der Waals surface area contributed by atoms with E-state index in [9.17, 15) is 13.6 Å². The van der Waals surface area contributed by atoms with Gasteiger partial charge in [-0.15, -0.1) is 12.4 Å². The van der Waals surface area contributed by atoms with Crippen LogP contribution in [0.5, 0.6) is 0 Å². The van der Waals surface area contributed by atoms with Crippen molar-refractivity contribution in [2.24, 2.45) is 5.92 Å². The Morgan fingerprint density at radius 3 is 2.79 bits per heavy atom. The molecule has 19 heavy (non-hydrogen) atoms. The minimum absolute atomic E-state index is 0. The summed E-state index contributed by atoms with van der Waals surface area (Å²) in [5.41, 5.74) is -0.117. The number of hydrogen-bond donors (Lipinski definition) is 2. The Bertz CT molecular complexity index is 456. The lowest BCUT2D eigenvalue weighted by Gasteiger charge is -2.30. The summed E-state index contributed by atoms with van der Waals surface area (Å²) in [6, 6.07) is 2.95. The first-order chi connectivity index (χ1) is 8.58. The van der Waals surface area contributed by atoms with Crippen LogP contribution in [-0.4, -0.2) is 25.0 Å². The van der Waals surface area contributed by atoms with Crippen LogP contribution in [0.1, 0.15) is 23.7 Å². The van der Waals surface area contributed by atoms with Gasteiger partial charge in [-0.3, -0.25) is 4.79 Å². The molecule has 0 saturated carbocycles. The number of benzene rings is 1. The van der Waals surface area contributed by atoms with E-state index in [0.717, 1.165) is 25.1 Å². The molecule has 0 aromatic heterocycles. The Morgan fingerprint density at radius 1 is 1.42 bits per heavy atom. The van der Waals surface area contributed by atoms with Gasteiger partial charge in [-0.05, 0) is 31.0 Å². The number of amides is 1. The maximum atomic E-state index is 13.4. The molecule has 2 unspecified atom stereocenters. The van der Waals surface area contributed by atoms with E-state index in [2.05, 4.69) is 10.6 Å². The van der Waals surface area contributed by atoms with E-state index in [4.69, 9.17) is 0 Å². The largest absolute Gasteiger partial charge is 0.348 e. The van der Waals surface area contributed by atoms with E-state index >= 15 is 0 Å². The minimum atomic E-state index is -0.830. The fourth-order valence-electron chi connectivity index (χ4n) is 2.10. The second-order valence-corrected chi connectivity index (χ2v) is 4.67. The smallest absolute Gasteiger partial charge is 0.254 e. The Kier molecular flexibility index (Phi) is 5.69. The number of hydrogen-bond acceptors (Lipinski definition) is 2. The molecule has 1 fully saturated rings. The third-order valence-corrected chi connectivity index (χ3v) is 3.32.